The van der Waals surface area contributed by atoms with E-state index in [9.17, 15) is 13.2 Å². The van der Waals surface area contributed by atoms with Crippen LogP contribution >= 0.6 is 0 Å². The predicted octanol–water partition coefficient (Wildman–Crippen LogP) is 0.0896. The van der Waals surface area contributed by atoms with Crippen molar-refractivity contribution in [3.8, 4) is 0 Å². The average molecular weight is 301 g/mol. The first-order chi connectivity index (χ1) is 9.50. The summed E-state index contributed by atoms with van der Waals surface area (Å²) in [4.78, 5) is 13.5. The summed E-state index contributed by atoms with van der Waals surface area (Å²) in [6.07, 6.45) is 4.76. The van der Waals surface area contributed by atoms with Crippen molar-refractivity contribution in [1.82, 2.24) is 14.6 Å². The van der Waals surface area contributed by atoms with Crippen LogP contribution in [0.4, 0.5) is 0 Å². The Balaban J connectivity index is 1.95. The Morgan fingerprint density at radius 1 is 1.55 bits per heavy atom. The standard InChI is InChI=1S/C12H19N3O4S/c16-12(17)8-14-6-10-2-1-5-15(9-10)20(18,19)11-3-4-13-7-11/h3-4,7,10,13-14H,1-2,5-6,8-9H2,(H,16,17). The molecule has 2 rings (SSSR count). The highest BCUT2D eigenvalue weighted by molar-refractivity contribution is 7.89. The van der Waals surface area contributed by atoms with Crippen molar-refractivity contribution in [1.29, 1.82) is 0 Å². The molecule has 0 radical (unpaired) electrons. The van der Waals surface area contributed by atoms with E-state index in [2.05, 4.69) is 10.3 Å². The second-order valence-corrected chi connectivity index (χ2v) is 6.88. The van der Waals surface area contributed by atoms with E-state index in [0.717, 1.165) is 12.8 Å². The van der Waals surface area contributed by atoms with Gasteiger partial charge in [-0.1, -0.05) is 0 Å². The minimum Gasteiger partial charge on any atom is -0.480 e. The first kappa shape index (κ1) is 15.0. The molecule has 0 aromatic carbocycles. The number of rotatable bonds is 6. The monoisotopic (exact) mass is 301 g/mol. The Labute approximate surface area is 118 Å². The lowest BCUT2D eigenvalue weighted by molar-refractivity contribution is -0.136. The summed E-state index contributed by atoms with van der Waals surface area (Å²) >= 11 is 0. The Bertz CT molecular complexity index is 541. The molecule has 0 bridgehead atoms. The van der Waals surface area contributed by atoms with E-state index in [4.69, 9.17) is 5.11 Å². The van der Waals surface area contributed by atoms with Gasteiger partial charge in [0.25, 0.3) is 0 Å². The maximum absolute atomic E-state index is 12.4. The van der Waals surface area contributed by atoms with Gasteiger partial charge in [0, 0.05) is 25.5 Å². The number of sulfonamides is 1. The number of carboxylic acid groups (broad SMARTS) is 1. The highest BCUT2D eigenvalue weighted by Gasteiger charge is 2.30. The smallest absolute Gasteiger partial charge is 0.317 e. The first-order valence-electron chi connectivity index (χ1n) is 6.55. The predicted molar refractivity (Wildman–Crippen MR) is 72.8 cm³/mol. The van der Waals surface area contributed by atoms with Crippen molar-refractivity contribution in [3.63, 3.8) is 0 Å². The molecule has 3 N–H and O–H groups in total. The van der Waals surface area contributed by atoms with Crippen molar-refractivity contribution in [2.45, 2.75) is 17.7 Å². The van der Waals surface area contributed by atoms with Gasteiger partial charge in [-0.05, 0) is 31.4 Å². The number of nitrogens with one attached hydrogen (secondary N) is 2. The van der Waals surface area contributed by atoms with E-state index in [1.54, 1.807) is 12.3 Å². The molecule has 7 nitrogen and oxygen atoms in total. The molecule has 1 fully saturated rings. The number of aromatic amines is 1. The van der Waals surface area contributed by atoms with Crippen LogP contribution in [0.2, 0.25) is 0 Å². The van der Waals surface area contributed by atoms with Gasteiger partial charge in [0.05, 0.1) is 11.4 Å². The fourth-order valence-corrected chi connectivity index (χ4v) is 3.94. The molecule has 0 spiro atoms. The molecule has 0 aliphatic carbocycles. The number of aliphatic carboxylic acids is 1. The molecule has 1 unspecified atom stereocenters. The quantitative estimate of drug-likeness (QED) is 0.691. The molecule has 1 atom stereocenters. The summed E-state index contributed by atoms with van der Waals surface area (Å²) in [5, 5.41) is 11.4. The fraction of sp³-hybridized carbons (Fsp3) is 0.583. The number of carboxylic acids is 1. The van der Waals surface area contributed by atoms with Crippen LogP contribution in [-0.2, 0) is 14.8 Å². The topological polar surface area (TPSA) is 102 Å². The molecule has 1 saturated heterocycles. The van der Waals surface area contributed by atoms with Gasteiger partial charge in [0.15, 0.2) is 0 Å². The molecule has 2 heterocycles. The van der Waals surface area contributed by atoms with E-state index in [-0.39, 0.29) is 17.4 Å². The van der Waals surface area contributed by atoms with Gasteiger partial charge in [0.1, 0.15) is 0 Å². The van der Waals surface area contributed by atoms with Crippen LogP contribution < -0.4 is 5.32 Å². The van der Waals surface area contributed by atoms with E-state index < -0.39 is 16.0 Å². The van der Waals surface area contributed by atoms with Crippen LogP contribution in [0, 0.1) is 5.92 Å². The third kappa shape index (κ3) is 3.59. The Kier molecular flexibility index (Phi) is 4.79. The highest BCUT2D eigenvalue weighted by Crippen LogP contribution is 2.23. The molecular formula is C12H19N3O4S. The van der Waals surface area contributed by atoms with Gasteiger partial charge in [0.2, 0.25) is 10.0 Å². The SMILES string of the molecule is O=C(O)CNCC1CCCN(S(=O)(=O)c2cc[nH]c2)C1. The molecule has 8 heteroatoms. The van der Waals surface area contributed by atoms with Crippen molar-refractivity contribution >= 4 is 16.0 Å². The maximum Gasteiger partial charge on any atom is 0.317 e. The van der Waals surface area contributed by atoms with Gasteiger partial charge in [-0.15, -0.1) is 0 Å². The van der Waals surface area contributed by atoms with Crippen LogP contribution in [0.5, 0.6) is 0 Å². The zero-order valence-corrected chi connectivity index (χ0v) is 11.9. The number of aromatic nitrogens is 1. The summed E-state index contributed by atoms with van der Waals surface area (Å²) in [6, 6.07) is 1.54. The molecule has 20 heavy (non-hydrogen) atoms. The van der Waals surface area contributed by atoms with E-state index in [1.165, 1.54) is 10.5 Å². The molecule has 0 amide bonds. The molecule has 0 saturated carbocycles. The van der Waals surface area contributed by atoms with Crippen molar-refractivity contribution in [2.75, 3.05) is 26.2 Å². The van der Waals surface area contributed by atoms with Gasteiger partial charge in [-0.2, -0.15) is 4.31 Å². The number of H-pyrrole nitrogens is 1. The number of hydrogen-bond acceptors (Lipinski definition) is 4. The largest absolute Gasteiger partial charge is 0.480 e. The summed E-state index contributed by atoms with van der Waals surface area (Å²) in [5.41, 5.74) is 0. The molecule has 1 aromatic rings. The van der Waals surface area contributed by atoms with Crippen LogP contribution in [0.15, 0.2) is 23.4 Å². The van der Waals surface area contributed by atoms with Crippen molar-refractivity contribution in [3.05, 3.63) is 18.5 Å². The van der Waals surface area contributed by atoms with Crippen LogP contribution in [0.1, 0.15) is 12.8 Å². The zero-order chi connectivity index (χ0) is 14.6. The summed E-state index contributed by atoms with van der Waals surface area (Å²) in [5.74, 6) is -0.755. The van der Waals surface area contributed by atoms with Gasteiger partial charge in [-0.3, -0.25) is 4.79 Å². The molecule has 1 aromatic heterocycles. The van der Waals surface area contributed by atoms with Crippen molar-refractivity contribution in [2.24, 2.45) is 5.92 Å². The lowest BCUT2D eigenvalue weighted by Crippen LogP contribution is -2.43. The second-order valence-electron chi connectivity index (χ2n) is 4.94. The Morgan fingerprint density at radius 3 is 3.00 bits per heavy atom. The maximum atomic E-state index is 12.4. The van der Waals surface area contributed by atoms with Crippen LogP contribution in [0.25, 0.3) is 0 Å². The van der Waals surface area contributed by atoms with E-state index in [1.807, 2.05) is 0 Å². The van der Waals surface area contributed by atoms with Gasteiger partial charge in [-0.25, -0.2) is 8.42 Å². The normalized spacial score (nSPS) is 20.9. The minimum atomic E-state index is -3.44. The first-order valence-corrected chi connectivity index (χ1v) is 7.99. The fourth-order valence-electron chi connectivity index (χ4n) is 2.41. The number of hydrogen-bond donors (Lipinski definition) is 3. The van der Waals surface area contributed by atoms with E-state index in [0.29, 0.717) is 19.6 Å². The average Bonchev–Trinajstić information content (AvgIpc) is 2.93. The number of nitrogens with zero attached hydrogens (tertiary/aromatic N) is 1. The zero-order valence-electron chi connectivity index (χ0n) is 11.1. The summed E-state index contributed by atoms with van der Waals surface area (Å²) < 4.78 is 26.2. The summed E-state index contributed by atoms with van der Waals surface area (Å²) in [7, 11) is -3.44. The lowest BCUT2D eigenvalue weighted by Gasteiger charge is -2.31. The third-order valence-electron chi connectivity index (χ3n) is 3.40. The molecular weight excluding hydrogens is 282 g/mol. The third-order valence-corrected chi connectivity index (χ3v) is 5.26. The van der Waals surface area contributed by atoms with Crippen LogP contribution in [-0.4, -0.2) is 55.0 Å². The lowest BCUT2D eigenvalue weighted by atomic mass is 10.00. The van der Waals surface area contributed by atoms with Crippen LogP contribution in [0.3, 0.4) is 0 Å². The molecule has 1 aliphatic heterocycles. The van der Waals surface area contributed by atoms with Crippen molar-refractivity contribution < 1.29 is 18.3 Å². The molecule has 112 valence electrons. The highest BCUT2D eigenvalue weighted by atomic mass is 32.2. The Hall–Kier alpha value is -1.38. The number of carbonyl (C=O) groups is 1. The van der Waals surface area contributed by atoms with E-state index >= 15 is 0 Å². The van der Waals surface area contributed by atoms with Gasteiger partial charge < -0.3 is 15.4 Å². The summed E-state index contributed by atoms with van der Waals surface area (Å²) in [6.45, 7) is 1.37. The minimum absolute atomic E-state index is 0.0962. The molecule has 1 aliphatic rings. The second kappa shape index (κ2) is 6.38. The Morgan fingerprint density at radius 2 is 2.35 bits per heavy atom. The van der Waals surface area contributed by atoms with Gasteiger partial charge >= 0.3 is 5.97 Å². The number of piperidine rings is 1.